The van der Waals surface area contributed by atoms with E-state index in [-0.39, 0.29) is 10.7 Å². The minimum Gasteiger partial charge on any atom is -0.356 e. The lowest BCUT2D eigenvalue weighted by Crippen LogP contribution is -2.08. The van der Waals surface area contributed by atoms with Gasteiger partial charge in [-0.25, -0.2) is 4.98 Å². The minimum atomic E-state index is -4.41. The van der Waals surface area contributed by atoms with Gasteiger partial charge in [0, 0.05) is 12.7 Å². The molecule has 0 atom stereocenters. The van der Waals surface area contributed by atoms with Gasteiger partial charge in [-0.05, 0) is 32.0 Å². The maximum absolute atomic E-state index is 12.8. The van der Waals surface area contributed by atoms with Crippen LogP contribution in [0.2, 0.25) is 5.02 Å². The molecule has 0 aliphatic rings. The van der Waals surface area contributed by atoms with E-state index in [4.69, 9.17) is 11.6 Å². The number of hydrogen-bond acceptors (Lipinski definition) is 2. The normalized spacial score (nSPS) is 11.7. The van der Waals surface area contributed by atoms with E-state index in [0.29, 0.717) is 18.2 Å². The summed E-state index contributed by atoms with van der Waals surface area (Å²) in [6.07, 6.45) is -2.77. The summed E-state index contributed by atoms with van der Waals surface area (Å²) >= 11 is 6.02. The maximum atomic E-state index is 12.8. The minimum absolute atomic E-state index is 0.231. The van der Waals surface area contributed by atoms with Crippen molar-refractivity contribution < 1.29 is 13.2 Å². The first kappa shape index (κ1) is 14.7. The van der Waals surface area contributed by atoms with Gasteiger partial charge in [-0.2, -0.15) is 13.2 Å². The summed E-state index contributed by atoms with van der Waals surface area (Å²) in [5.41, 5.74) is 0.193. The van der Waals surface area contributed by atoms with Gasteiger partial charge in [0.1, 0.15) is 0 Å². The molecule has 20 heavy (non-hydrogen) atoms. The molecule has 2 rings (SSSR count). The summed E-state index contributed by atoms with van der Waals surface area (Å²) in [6, 6.07) is 3.22. The Kier molecular flexibility index (Phi) is 3.94. The lowest BCUT2D eigenvalue weighted by Gasteiger charge is -2.13. The lowest BCUT2D eigenvalue weighted by atomic mass is 10.2. The van der Waals surface area contributed by atoms with E-state index in [1.54, 1.807) is 13.1 Å². The van der Waals surface area contributed by atoms with Crippen LogP contribution in [0.3, 0.4) is 0 Å². The first-order chi connectivity index (χ1) is 9.32. The molecular weight excluding hydrogens is 291 g/mol. The van der Waals surface area contributed by atoms with Crippen molar-refractivity contribution in [1.29, 1.82) is 0 Å². The maximum Gasteiger partial charge on any atom is 0.416 e. The Hall–Kier alpha value is -1.69. The molecule has 1 N–H and O–H groups in total. The highest BCUT2D eigenvalue weighted by Gasteiger charge is 2.31. The van der Waals surface area contributed by atoms with Crippen molar-refractivity contribution >= 4 is 17.5 Å². The first-order valence-corrected chi connectivity index (χ1v) is 6.37. The molecule has 1 heterocycles. The third kappa shape index (κ3) is 2.90. The van der Waals surface area contributed by atoms with Gasteiger partial charge in [-0.15, -0.1) is 0 Å². The molecule has 0 bridgehead atoms. The molecule has 0 aliphatic carbocycles. The summed E-state index contributed by atoms with van der Waals surface area (Å²) in [5, 5.41) is 3.22. The van der Waals surface area contributed by atoms with Gasteiger partial charge in [0.05, 0.1) is 22.0 Å². The van der Waals surface area contributed by atoms with Crippen LogP contribution in [-0.4, -0.2) is 16.1 Å². The molecular formula is C13H13ClF3N3. The van der Waals surface area contributed by atoms with Gasteiger partial charge >= 0.3 is 6.18 Å². The SMILES string of the molecule is CCNc1nc(C)cn1-c1cc(C(F)(F)F)ccc1Cl. The predicted octanol–water partition coefficient (Wildman–Crippen LogP) is 4.28. The number of imidazole rings is 1. The fraction of sp³-hybridized carbons (Fsp3) is 0.308. The van der Waals surface area contributed by atoms with Crippen molar-refractivity contribution in [3.63, 3.8) is 0 Å². The van der Waals surface area contributed by atoms with Gasteiger partial charge in [0.25, 0.3) is 0 Å². The molecule has 2 aromatic rings. The zero-order chi connectivity index (χ0) is 14.9. The van der Waals surface area contributed by atoms with Gasteiger partial charge < -0.3 is 5.32 Å². The van der Waals surface area contributed by atoms with Crippen LogP contribution in [0.4, 0.5) is 19.1 Å². The van der Waals surface area contributed by atoms with Crippen LogP contribution >= 0.6 is 11.6 Å². The molecule has 0 amide bonds. The largest absolute Gasteiger partial charge is 0.416 e. The van der Waals surface area contributed by atoms with E-state index < -0.39 is 11.7 Å². The van der Waals surface area contributed by atoms with Crippen molar-refractivity contribution in [3.8, 4) is 5.69 Å². The molecule has 0 radical (unpaired) electrons. The van der Waals surface area contributed by atoms with E-state index in [0.717, 1.165) is 12.1 Å². The third-order valence-electron chi connectivity index (χ3n) is 2.69. The smallest absolute Gasteiger partial charge is 0.356 e. The molecule has 0 unspecified atom stereocenters. The molecule has 0 fully saturated rings. The summed E-state index contributed by atoms with van der Waals surface area (Å²) in [4.78, 5) is 4.22. The Morgan fingerprint density at radius 2 is 2.05 bits per heavy atom. The summed E-state index contributed by atoms with van der Waals surface area (Å²) in [5.74, 6) is 0.464. The van der Waals surface area contributed by atoms with Crippen molar-refractivity contribution in [2.45, 2.75) is 20.0 Å². The number of hydrogen-bond donors (Lipinski definition) is 1. The number of benzene rings is 1. The van der Waals surface area contributed by atoms with E-state index in [2.05, 4.69) is 10.3 Å². The quantitative estimate of drug-likeness (QED) is 0.917. The monoisotopic (exact) mass is 303 g/mol. The highest BCUT2D eigenvalue weighted by Crippen LogP contribution is 2.34. The molecule has 7 heteroatoms. The number of nitrogens with one attached hydrogen (secondary N) is 1. The zero-order valence-electron chi connectivity index (χ0n) is 10.9. The second-order valence-electron chi connectivity index (χ2n) is 4.27. The molecule has 3 nitrogen and oxygen atoms in total. The van der Waals surface area contributed by atoms with Crippen LogP contribution < -0.4 is 5.32 Å². The zero-order valence-corrected chi connectivity index (χ0v) is 11.7. The molecule has 0 saturated heterocycles. The summed E-state index contributed by atoms with van der Waals surface area (Å²) in [6.45, 7) is 4.24. The van der Waals surface area contributed by atoms with Crippen LogP contribution in [0.5, 0.6) is 0 Å². The van der Waals surface area contributed by atoms with Crippen LogP contribution in [-0.2, 0) is 6.18 Å². The Morgan fingerprint density at radius 1 is 1.35 bits per heavy atom. The highest BCUT2D eigenvalue weighted by atomic mass is 35.5. The number of rotatable bonds is 3. The number of halogens is 4. The second kappa shape index (κ2) is 5.36. The van der Waals surface area contributed by atoms with Crippen molar-refractivity contribution in [2.24, 2.45) is 0 Å². The molecule has 1 aromatic heterocycles. The summed E-state index contributed by atoms with van der Waals surface area (Å²) < 4.78 is 39.9. The molecule has 1 aromatic carbocycles. The fourth-order valence-electron chi connectivity index (χ4n) is 1.84. The summed E-state index contributed by atoms with van der Waals surface area (Å²) in [7, 11) is 0. The predicted molar refractivity (Wildman–Crippen MR) is 72.5 cm³/mol. The van der Waals surface area contributed by atoms with Crippen LogP contribution in [0.15, 0.2) is 24.4 Å². The number of nitrogens with zero attached hydrogens (tertiary/aromatic N) is 2. The molecule has 108 valence electrons. The average Bonchev–Trinajstić information content (AvgIpc) is 2.70. The van der Waals surface area contributed by atoms with Gasteiger partial charge in [0.15, 0.2) is 0 Å². The second-order valence-corrected chi connectivity index (χ2v) is 4.68. The van der Waals surface area contributed by atoms with Crippen LogP contribution in [0, 0.1) is 6.92 Å². The van der Waals surface area contributed by atoms with Gasteiger partial charge in [-0.1, -0.05) is 11.6 Å². The topological polar surface area (TPSA) is 29.9 Å². The Labute approximate surface area is 119 Å². The molecule has 0 saturated carbocycles. The van der Waals surface area contributed by atoms with Gasteiger partial charge in [0.2, 0.25) is 5.95 Å². The van der Waals surface area contributed by atoms with E-state index in [1.807, 2.05) is 6.92 Å². The number of aryl methyl sites for hydroxylation is 1. The van der Waals surface area contributed by atoms with Crippen molar-refractivity contribution in [3.05, 3.63) is 40.7 Å². The average molecular weight is 304 g/mol. The van der Waals surface area contributed by atoms with Crippen molar-refractivity contribution in [1.82, 2.24) is 9.55 Å². The van der Waals surface area contributed by atoms with Crippen LogP contribution in [0.25, 0.3) is 5.69 Å². The van der Waals surface area contributed by atoms with E-state index >= 15 is 0 Å². The number of anilines is 1. The molecule has 0 spiro atoms. The Balaban J connectivity index is 2.57. The van der Waals surface area contributed by atoms with Crippen LogP contribution in [0.1, 0.15) is 18.2 Å². The Morgan fingerprint density at radius 3 is 2.65 bits per heavy atom. The third-order valence-corrected chi connectivity index (χ3v) is 3.01. The number of aromatic nitrogens is 2. The standard InChI is InChI=1S/C13H13ClF3N3/c1-3-18-12-19-8(2)7-20(12)11-6-9(13(15,16)17)4-5-10(11)14/h4-7H,3H2,1-2H3,(H,18,19). The first-order valence-electron chi connectivity index (χ1n) is 6.00. The van der Waals surface area contributed by atoms with Crippen molar-refractivity contribution in [2.75, 3.05) is 11.9 Å². The Bertz CT molecular complexity index is 620. The van der Waals surface area contributed by atoms with Gasteiger partial charge in [-0.3, -0.25) is 4.57 Å². The van der Waals surface area contributed by atoms with E-state index in [1.165, 1.54) is 10.6 Å². The van der Waals surface area contributed by atoms with E-state index in [9.17, 15) is 13.2 Å². The highest BCUT2D eigenvalue weighted by molar-refractivity contribution is 6.32. The lowest BCUT2D eigenvalue weighted by molar-refractivity contribution is -0.137. The number of alkyl halides is 3. The fourth-order valence-corrected chi connectivity index (χ4v) is 2.05. The molecule has 0 aliphatic heterocycles.